The molecule has 3 aromatic heterocycles. The molecule has 0 amide bonds. The Hall–Kier alpha value is -2.25. The number of ether oxygens (including phenoxy) is 1. The number of nitrogens with two attached hydrogens (primary N) is 1. The van der Waals surface area contributed by atoms with Crippen LogP contribution in [0.1, 0.15) is 25.6 Å². The Morgan fingerprint density at radius 1 is 1.35 bits per heavy atom. The topological polar surface area (TPSA) is 99.1 Å². The predicted octanol–water partition coefficient (Wildman–Crippen LogP) is 1.62. The van der Waals surface area contributed by atoms with Crippen LogP contribution in [0.4, 0.5) is 5.82 Å². The smallest absolute Gasteiger partial charge is 0.152 e. The highest BCUT2D eigenvalue weighted by atomic mass is 16.5. The quantitative estimate of drug-likeness (QED) is 0.742. The van der Waals surface area contributed by atoms with Gasteiger partial charge >= 0.3 is 0 Å². The van der Waals surface area contributed by atoms with Crippen molar-refractivity contribution < 1.29 is 9.84 Å². The molecular weight excluding hydrogens is 294 g/mol. The van der Waals surface area contributed by atoms with Crippen molar-refractivity contribution in [3.8, 4) is 0 Å². The maximum Gasteiger partial charge on any atom is 0.152 e. The predicted molar refractivity (Wildman–Crippen MR) is 86.8 cm³/mol. The minimum atomic E-state index is -0.659. The largest absolute Gasteiger partial charge is 0.388 e. The fourth-order valence-electron chi connectivity index (χ4n) is 2.84. The molecule has 0 aromatic carbocycles. The molecule has 7 heteroatoms. The zero-order valence-electron chi connectivity index (χ0n) is 13.0. The molecule has 7 nitrogen and oxygen atoms in total. The Morgan fingerprint density at radius 2 is 2.17 bits per heavy atom. The Balaban J connectivity index is 1.99. The molecule has 1 aliphatic rings. The van der Waals surface area contributed by atoms with Crippen molar-refractivity contribution in [1.29, 1.82) is 0 Å². The lowest BCUT2D eigenvalue weighted by Gasteiger charge is -2.14. The molecule has 3 N–H and O–H groups in total. The second-order valence-corrected chi connectivity index (χ2v) is 6.04. The van der Waals surface area contributed by atoms with Gasteiger partial charge in [-0.25, -0.2) is 9.97 Å². The average Bonchev–Trinajstić information content (AvgIpc) is 3.16. The number of hydrogen-bond donors (Lipinski definition) is 2. The molecule has 0 radical (unpaired) electrons. The third kappa shape index (κ3) is 2.42. The SMILES string of the molecule is CCOCc1nc2c(N)nc3cccnc3c2n1CC1(O)CC1. The molecule has 120 valence electrons. The molecule has 3 aromatic rings. The molecule has 1 fully saturated rings. The molecular formula is C16H19N5O2. The molecule has 0 unspecified atom stereocenters. The summed E-state index contributed by atoms with van der Waals surface area (Å²) < 4.78 is 7.52. The lowest BCUT2D eigenvalue weighted by atomic mass is 10.2. The van der Waals surface area contributed by atoms with E-state index in [-0.39, 0.29) is 0 Å². The van der Waals surface area contributed by atoms with Gasteiger partial charge in [-0.1, -0.05) is 0 Å². The van der Waals surface area contributed by atoms with Gasteiger partial charge in [0.05, 0.1) is 17.7 Å². The van der Waals surface area contributed by atoms with Crippen LogP contribution in [0.2, 0.25) is 0 Å². The van der Waals surface area contributed by atoms with Crippen LogP contribution in [0, 0.1) is 0 Å². The number of anilines is 1. The minimum absolute atomic E-state index is 0.370. The summed E-state index contributed by atoms with van der Waals surface area (Å²) in [4.78, 5) is 13.5. The van der Waals surface area contributed by atoms with E-state index in [9.17, 15) is 5.11 Å². The first-order chi connectivity index (χ1) is 11.1. The van der Waals surface area contributed by atoms with Gasteiger partial charge in [0.25, 0.3) is 0 Å². The molecule has 1 aliphatic carbocycles. The first-order valence-corrected chi connectivity index (χ1v) is 7.81. The normalized spacial score (nSPS) is 16.3. The minimum Gasteiger partial charge on any atom is -0.388 e. The Kier molecular flexibility index (Phi) is 3.21. The van der Waals surface area contributed by atoms with Gasteiger partial charge in [-0.2, -0.15) is 0 Å². The third-order valence-electron chi connectivity index (χ3n) is 4.26. The Morgan fingerprint density at radius 3 is 2.91 bits per heavy atom. The van der Waals surface area contributed by atoms with Crippen LogP contribution in [0.3, 0.4) is 0 Å². The van der Waals surface area contributed by atoms with Crippen LogP contribution >= 0.6 is 0 Å². The van der Waals surface area contributed by atoms with E-state index in [0.717, 1.165) is 35.2 Å². The number of hydrogen-bond acceptors (Lipinski definition) is 6. The van der Waals surface area contributed by atoms with Crippen molar-refractivity contribution in [1.82, 2.24) is 19.5 Å². The highest BCUT2D eigenvalue weighted by molar-refractivity contribution is 6.04. The maximum absolute atomic E-state index is 10.4. The fourth-order valence-corrected chi connectivity index (χ4v) is 2.84. The molecule has 23 heavy (non-hydrogen) atoms. The number of imidazole rings is 1. The zero-order valence-corrected chi connectivity index (χ0v) is 13.0. The summed E-state index contributed by atoms with van der Waals surface area (Å²) in [6.07, 6.45) is 3.32. The van der Waals surface area contributed by atoms with Crippen molar-refractivity contribution in [2.75, 3.05) is 12.3 Å². The van der Waals surface area contributed by atoms with Crippen LogP contribution < -0.4 is 5.73 Å². The molecule has 1 saturated carbocycles. The van der Waals surface area contributed by atoms with Crippen LogP contribution in [0.15, 0.2) is 18.3 Å². The Labute approximate surface area is 133 Å². The molecule has 0 bridgehead atoms. The standard InChI is InChI=1S/C16H19N5O2/c1-2-23-8-11-20-13-14(21(11)9-16(22)5-6-16)12-10(19-15(13)17)4-3-7-18-12/h3-4,7,22H,2,5-6,8-9H2,1H3,(H2,17,19). The monoisotopic (exact) mass is 313 g/mol. The van der Waals surface area contributed by atoms with Crippen LogP contribution in [0.25, 0.3) is 22.1 Å². The van der Waals surface area contributed by atoms with Crippen molar-refractivity contribution in [2.45, 2.75) is 38.5 Å². The number of aromatic nitrogens is 4. The van der Waals surface area contributed by atoms with E-state index in [2.05, 4.69) is 15.0 Å². The summed E-state index contributed by atoms with van der Waals surface area (Å²) in [6, 6.07) is 3.71. The molecule has 0 spiro atoms. The van der Waals surface area contributed by atoms with Crippen LogP contribution in [0.5, 0.6) is 0 Å². The summed E-state index contributed by atoms with van der Waals surface area (Å²) in [5.41, 5.74) is 8.35. The van der Waals surface area contributed by atoms with Crippen LogP contribution in [-0.4, -0.2) is 36.8 Å². The highest BCUT2D eigenvalue weighted by Crippen LogP contribution is 2.39. The molecule has 3 heterocycles. The second kappa shape index (κ2) is 5.14. The van der Waals surface area contributed by atoms with Gasteiger partial charge in [0, 0.05) is 12.8 Å². The lowest BCUT2D eigenvalue weighted by Crippen LogP contribution is -2.19. The van der Waals surface area contributed by atoms with Crippen molar-refractivity contribution in [2.24, 2.45) is 0 Å². The molecule has 0 aliphatic heterocycles. The first-order valence-electron chi connectivity index (χ1n) is 7.81. The fraction of sp³-hybridized carbons (Fsp3) is 0.438. The highest BCUT2D eigenvalue weighted by Gasteiger charge is 2.41. The summed E-state index contributed by atoms with van der Waals surface area (Å²) in [5, 5.41) is 10.4. The van der Waals surface area contributed by atoms with Gasteiger partial charge in [-0.3, -0.25) is 4.98 Å². The van der Waals surface area contributed by atoms with E-state index in [0.29, 0.717) is 31.1 Å². The van der Waals surface area contributed by atoms with Gasteiger partial charge in [0.1, 0.15) is 29.0 Å². The van der Waals surface area contributed by atoms with Gasteiger partial charge in [-0.15, -0.1) is 0 Å². The van der Waals surface area contributed by atoms with Gasteiger partial charge < -0.3 is 20.1 Å². The number of aliphatic hydroxyl groups is 1. The van der Waals surface area contributed by atoms with E-state index >= 15 is 0 Å². The second-order valence-electron chi connectivity index (χ2n) is 6.04. The number of nitrogen functional groups attached to an aromatic ring is 1. The maximum atomic E-state index is 10.4. The van der Waals surface area contributed by atoms with E-state index in [1.54, 1.807) is 6.20 Å². The number of nitrogens with zero attached hydrogens (tertiary/aromatic N) is 4. The van der Waals surface area contributed by atoms with Crippen molar-refractivity contribution >= 4 is 27.9 Å². The summed E-state index contributed by atoms with van der Waals surface area (Å²) in [5.74, 6) is 1.12. The van der Waals surface area contributed by atoms with E-state index in [1.807, 2.05) is 23.6 Å². The van der Waals surface area contributed by atoms with Gasteiger partial charge in [0.15, 0.2) is 5.82 Å². The van der Waals surface area contributed by atoms with E-state index in [4.69, 9.17) is 10.5 Å². The number of fused-ring (bicyclic) bond motifs is 3. The number of rotatable bonds is 5. The zero-order chi connectivity index (χ0) is 16.0. The lowest BCUT2D eigenvalue weighted by molar-refractivity contribution is 0.110. The summed E-state index contributed by atoms with van der Waals surface area (Å²) >= 11 is 0. The summed E-state index contributed by atoms with van der Waals surface area (Å²) in [7, 11) is 0. The molecule has 0 atom stereocenters. The van der Waals surface area contributed by atoms with Crippen molar-refractivity contribution in [3.63, 3.8) is 0 Å². The van der Waals surface area contributed by atoms with Crippen molar-refractivity contribution in [3.05, 3.63) is 24.2 Å². The van der Waals surface area contributed by atoms with Crippen LogP contribution in [-0.2, 0) is 17.9 Å². The van der Waals surface area contributed by atoms with E-state index < -0.39 is 5.60 Å². The third-order valence-corrected chi connectivity index (χ3v) is 4.26. The molecule has 4 rings (SSSR count). The summed E-state index contributed by atoms with van der Waals surface area (Å²) in [6.45, 7) is 3.38. The number of pyridine rings is 2. The average molecular weight is 313 g/mol. The molecule has 0 saturated heterocycles. The van der Waals surface area contributed by atoms with Gasteiger partial charge in [-0.05, 0) is 31.9 Å². The van der Waals surface area contributed by atoms with E-state index in [1.165, 1.54) is 0 Å². The first kappa shape index (κ1) is 14.3. The van der Waals surface area contributed by atoms with Gasteiger partial charge in [0.2, 0.25) is 0 Å². The Bertz CT molecular complexity index is 885.